The summed E-state index contributed by atoms with van der Waals surface area (Å²) in [7, 11) is 3.38. The number of hydrogen-bond donors (Lipinski definition) is 2. The summed E-state index contributed by atoms with van der Waals surface area (Å²) in [5.74, 6) is -0.0555. The zero-order chi connectivity index (χ0) is 17.5. The molecule has 0 unspecified atom stereocenters. The van der Waals surface area contributed by atoms with E-state index in [1.807, 2.05) is 36.4 Å². The van der Waals surface area contributed by atoms with Gasteiger partial charge in [-0.05, 0) is 35.7 Å². The lowest BCUT2D eigenvalue weighted by molar-refractivity contribution is -0.130. The van der Waals surface area contributed by atoms with Crippen LogP contribution < -0.4 is 11.1 Å². The maximum Gasteiger partial charge on any atom is 0.251 e. The highest BCUT2D eigenvalue weighted by Crippen LogP contribution is 2.14. The highest BCUT2D eigenvalue weighted by molar-refractivity contribution is 5.93. The number of nitrogen functional groups attached to an aromatic ring is 1. The van der Waals surface area contributed by atoms with Gasteiger partial charge < -0.3 is 16.0 Å². The van der Waals surface area contributed by atoms with Crippen LogP contribution in [0.3, 0.4) is 0 Å². The molecule has 2 aromatic carbocycles. The van der Waals surface area contributed by atoms with Crippen LogP contribution in [-0.4, -0.2) is 30.8 Å². The number of rotatable bonds is 6. The van der Waals surface area contributed by atoms with Crippen LogP contribution in [0.4, 0.5) is 5.69 Å². The zero-order valence-corrected chi connectivity index (χ0v) is 14.1. The topological polar surface area (TPSA) is 75.4 Å². The fraction of sp³-hybridized carbons (Fsp3) is 0.263. The lowest BCUT2D eigenvalue weighted by Crippen LogP contribution is -2.26. The number of aryl methyl sites for hydroxylation is 1. The molecule has 2 rings (SSSR count). The van der Waals surface area contributed by atoms with Gasteiger partial charge in [0, 0.05) is 38.3 Å². The minimum absolute atomic E-state index is 0.0635. The number of carbonyl (C=O) groups excluding carboxylic acids is 2. The molecule has 2 amide bonds. The van der Waals surface area contributed by atoms with Crippen LogP contribution in [0.2, 0.25) is 0 Å². The van der Waals surface area contributed by atoms with Crippen molar-refractivity contribution < 1.29 is 9.59 Å². The van der Waals surface area contributed by atoms with Gasteiger partial charge in [-0.25, -0.2) is 0 Å². The number of nitrogens with one attached hydrogen (secondary N) is 1. The van der Waals surface area contributed by atoms with E-state index in [0.29, 0.717) is 24.9 Å². The average molecular weight is 325 g/mol. The summed E-state index contributed by atoms with van der Waals surface area (Å²) in [5.41, 5.74) is 9.20. The molecule has 0 saturated carbocycles. The first-order valence-electron chi connectivity index (χ1n) is 7.89. The van der Waals surface area contributed by atoms with Gasteiger partial charge in [0.25, 0.3) is 5.91 Å². The van der Waals surface area contributed by atoms with Crippen molar-refractivity contribution in [2.75, 3.05) is 19.8 Å². The summed E-state index contributed by atoms with van der Waals surface area (Å²) in [4.78, 5) is 25.5. The number of benzene rings is 2. The Labute approximate surface area is 142 Å². The molecule has 0 fully saturated rings. The van der Waals surface area contributed by atoms with E-state index in [4.69, 9.17) is 5.73 Å². The molecule has 0 aliphatic rings. The first-order chi connectivity index (χ1) is 11.5. The number of nitrogens with two attached hydrogens (primary N) is 1. The average Bonchev–Trinajstić information content (AvgIpc) is 2.60. The number of anilines is 1. The summed E-state index contributed by atoms with van der Waals surface area (Å²) in [5, 5.41) is 2.58. The second kappa shape index (κ2) is 8.15. The molecule has 0 bridgehead atoms. The van der Waals surface area contributed by atoms with Crippen LogP contribution in [0.15, 0.2) is 48.5 Å². The lowest BCUT2D eigenvalue weighted by atomic mass is 10.1. The smallest absolute Gasteiger partial charge is 0.251 e. The highest BCUT2D eigenvalue weighted by atomic mass is 16.2. The molecule has 0 aromatic heterocycles. The number of nitrogens with zero attached hydrogens (tertiary/aromatic N) is 1. The van der Waals surface area contributed by atoms with Gasteiger partial charge in [0.1, 0.15) is 0 Å². The first-order valence-corrected chi connectivity index (χ1v) is 7.89. The van der Waals surface area contributed by atoms with E-state index in [1.165, 1.54) is 0 Å². The Morgan fingerprint density at radius 2 is 1.75 bits per heavy atom. The van der Waals surface area contributed by atoms with Crippen LogP contribution in [0, 0.1) is 0 Å². The molecule has 3 N–H and O–H groups in total. The third kappa shape index (κ3) is 4.59. The van der Waals surface area contributed by atoms with Gasteiger partial charge in [-0.2, -0.15) is 0 Å². The Hall–Kier alpha value is -2.82. The van der Waals surface area contributed by atoms with E-state index >= 15 is 0 Å². The van der Waals surface area contributed by atoms with Crippen molar-refractivity contribution in [2.45, 2.75) is 19.4 Å². The van der Waals surface area contributed by atoms with Crippen LogP contribution in [0.25, 0.3) is 0 Å². The van der Waals surface area contributed by atoms with Crippen LogP contribution in [0.1, 0.15) is 27.9 Å². The minimum atomic E-state index is -0.119. The van der Waals surface area contributed by atoms with Crippen molar-refractivity contribution in [2.24, 2.45) is 0 Å². The summed E-state index contributed by atoms with van der Waals surface area (Å²) in [6.45, 7) is 0.511. The third-order valence-electron chi connectivity index (χ3n) is 3.95. The molecule has 0 atom stereocenters. The van der Waals surface area contributed by atoms with Crippen molar-refractivity contribution in [3.05, 3.63) is 65.2 Å². The number of amides is 2. The maximum absolute atomic E-state index is 12.3. The monoisotopic (exact) mass is 325 g/mol. The molecule has 0 spiro atoms. The van der Waals surface area contributed by atoms with E-state index in [-0.39, 0.29) is 11.8 Å². The Morgan fingerprint density at radius 3 is 2.38 bits per heavy atom. The molecule has 5 nitrogen and oxygen atoms in total. The lowest BCUT2D eigenvalue weighted by Gasteiger charge is -2.18. The Kier molecular flexibility index (Phi) is 5.95. The maximum atomic E-state index is 12.3. The number of hydrogen-bond acceptors (Lipinski definition) is 3. The molecule has 126 valence electrons. The van der Waals surface area contributed by atoms with Gasteiger partial charge in [-0.1, -0.05) is 30.3 Å². The van der Waals surface area contributed by atoms with Crippen LogP contribution in [-0.2, 0) is 17.8 Å². The van der Waals surface area contributed by atoms with E-state index in [1.54, 1.807) is 31.1 Å². The Morgan fingerprint density at radius 1 is 1.08 bits per heavy atom. The van der Waals surface area contributed by atoms with Crippen molar-refractivity contribution in [1.82, 2.24) is 10.2 Å². The molecule has 0 heterocycles. The van der Waals surface area contributed by atoms with Gasteiger partial charge in [-0.15, -0.1) is 0 Å². The fourth-order valence-electron chi connectivity index (χ4n) is 2.46. The molecule has 0 radical (unpaired) electrons. The molecule has 24 heavy (non-hydrogen) atoms. The molecule has 2 aromatic rings. The second-order valence-corrected chi connectivity index (χ2v) is 5.72. The van der Waals surface area contributed by atoms with Crippen molar-refractivity contribution in [1.29, 1.82) is 0 Å². The second-order valence-electron chi connectivity index (χ2n) is 5.72. The quantitative estimate of drug-likeness (QED) is 0.800. The predicted octanol–water partition coefficient (Wildman–Crippen LogP) is 2.22. The van der Waals surface area contributed by atoms with Gasteiger partial charge in [0.2, 0.25) is 5.91 Å². The molecular weight excluding hydrogens is 302 g/mol. The summed E-state index contributed by atoms with van der Waals surface area (Å²) in [6.07, 6.45) is 1.05. The van der Waals surface area contributed by atoms with E-state index in [2.05, 4.69) is 5.32 Å². The minimum Gasteiger partial charge on any atom is -0.399 e. The number of para-hydroxylation sites is 1. The van der Waals surface area contributed by atoms with Crippen LogP contribution >= 0.6 is 0 Å². The highest BCUT2D eigenvalue weighted by Gasteiger charge is 2.11. The molecule has 0 saturated heterocycles. The van der Waals surface area contributed by atoms with Gasteiger partial charge in [-0.3, -0.25) is 9.59 Å². The standard InChI is InChI=1S/C19H23N3O2/c1-21-19(24)16-9-7-14(8-10-16)13-22(2)18(23)12-11-15-5-3-4-6-17(15)20/h3-10H,11-13,20H2,1-2H3,(H,21,24). The zero-order valence-electron chi connectivity index (χ0n) is 14.1. The van der Waals surface area contributed by atoms with Crippen molar-refractivity contribution in [3.8, 4) is 0 Å². The molecular formula is C19H23N3O2. The number of carbonyl (C=O) groups is 2. The van der Waals surface area contributed by atoms with Gasteiger partial charge >= 0.3 is 0 Å². The largest absolute Gasteiger partial charge is 0.399 e. The predicted molar refractivity (Wildman–Crippen MR) is 95.5 cm³/mol. The fourth-order valence-corrected chi connectivity index (χ4v) is 2.46. The summed E-state index contributed by atoms with van der Waals surface area (Å²) in [6, 6.07) is 14.8. The molecule has 0 aliphatic carbocycles. The van der Waals surface area contributed by atoms with Gasteiger partial charge in [0.05, 0.1) is 0 Å². The van der Waals surface area contributed by atoms with E-state index in [0.717, 1.165) is 16.8 Å². The van der Waals surface area contributed by atoms with Crippen LogP contribution in [0.5, 0.6) is 0 Å². The van der Waals surface area contributed by atoms with Gasteiger partial charge in [0.15, 0.2) is 0 Å². The summed E-state index contributed by atoms with van der Waals surface area (Å²) >= 11 is 0. The summed E-state index contributed by atoms with van der Waals surface area (Å²) < 4.78 is 0. The Bertz CT molecular complexity index is 711. The Balaban J connectivity index is 1.89. The SMILES string of the molecule is CNC(=O)c1ccc(CN(C)C(=O)CCc2ccccc2N)cc1. The third-order valence-corrected chi connectivity index (χ3v) is 3.95. The van der Waals surface area contributed by atoms with Crippen molar-refractivity contribution in [3.63, 3.8) is 0 Å². The van der Waals surface area contributed by atoms with E-state index < -0.39 is 0 Å². The molecule has 5 heteroatoms. The van der Waals surface area contributed by atoms with Crippen molar-refractivity contribution >= 4 is 17.5 Å². The first kappa shape index (κ1) is 17.5. The normalized spacial score (nSPS) is 10.2. The molecule has 0 aliphatic heterocycles. The van der Waals surface area contributed by atoms with E-state index in [9.17, 15) is 9.59 Å².